The van der Waals surface area contributed by atoms with Crippen molar-refractivity contribution in [2.45, 2.75) is 11.8 Å². The molecule has 1 saturated heterocycles. The van der Waals surface area contributed by atoms with Gasteiger partial charge in [0.15, 0.2) is 0 Å². The summed E-state index contributed by atoms with van der Waals surface area (Å²) < 4.78 is 37.9. The Morgan fingerprint density at radius 2 is 1.35 bits per heavy atom. The van der Waals surface area contributed by atoms with Crippen molar-refractivity contribution < 1.29 is 17.9 Å². The molecule has 0 N–H and O–H groups in total. The molecular weight excluding hydrogens is 446 g/mol. The van der Waals surface area contributed by atoms with E-state index in [2.05, 4.69) is 37.3 Å². The van der Waals surface area contributed by atoms with Crippen molar-refractivity contribution in [1.82, 2.24) is 4.31 Å². The van der Waals surface area contributed by atoms with Gasteiger partial charge in [0.05, 0.1) is 25.2 Å². The summed E-state index contributed by atoms with van der Waals surface area (Å²) in [5.41, 5.74) is 5.28. The first-order valence-corrected chi connectivity index (χ1v) is 12.7. The summed E-state index contributed by atoms with van der Waals surface area (Å²) >= 11 is 0. The van der Waals surface area contributed by atoms with Crippen molar-refractivity contribution >= 4 is 34.3 Å². The predicted octanol–water partition coefficient (Wildman–Crippen LogP) is 5.37. The molecule has 176 valence electrons. The van der Waals surface area contributed by atoms with Gasteiger partial charge in [-0.15, -0.1) is 0 Å². The number of hydrogen-bond acceptors (Lipinski definition) is 4. The minimum absolute atomic E-state index is 0.304. The number of ether oxygens (including phenoxy) is 2. The molecule has 4 rings (SSSR count). The minimum Gasteiger partial charge on any atom is -0.496 e. The number of hydrogen-bond donors (Lipinski definition) is 0. The smallest absolute Gasteiger partial charge is 0.243 e. The standard InChI is InChI=1S/C28H29NO4S/c1-22-3-5-23(6-4-22)9-13-26-14-10-25(21-28(26)32-2)8-7-24-11-15-27(16-12-24)34(30,31)29-17-19-33-20-18-29/h3-16,21H,17-20H2,1-2H3/b8-7+,13-9+. The Morgan fingerprint density at radius 3 is 2.00 bits per heavy atom. The molecule has 0 amide bonds. The van der Waals surface area contributed by atoms with Gasteiger partial charge < -0.3 is 9.47 Å². The number of rotatable bonds is 7. The molecule has 3 aromatic rings. The van der Waals surface area contributed by atoms with E-state index >= 15 is 0 Å². The Balaban J connectivity index is 1.46. The molecule has 0 atom stereocenters. The monoisotopic (exact) mass is 475 g/mol. The van der Waals surface area contributed by atoms with E-state index in [1.165, 1.54) is 9.87 Å². The number of morpholine rings is 1. The maximum absolute atomic E-state index is 12.8. The van der Waals surface area contributed by atoms with E-state index in [4.69, 9.17) is 9.47 Å². The zero-order chi connectivity index (χ0) is 24.0. The summed E-state index contributed by atoms with van der Waals surface area (Å²) in [6.45, 7) is 3.72. The first-order valence-electron chi connectivity index (χ1n) is 11.2. The van der Waals surface area contributed by atoms with E-state index in [0.717, 1.165) is 28.0 Å². The molecule has 0 aromatic heterocycles. The van der Waals surface area contributed by atoms with Gasteiger partial charge in [-0.2, -0.15) is 4.31 Å². The van der Waals surface area contributed by atoms with Gasteiger partial charge >= 0.3 is 0 Å². The van der Waals surface area contributed by atoms with Gasteiger partial charge in [0.25, 0.3) is 0 Å². The molecule has 0 spiro atoms. The van der Waals surface area contributed by atoms with Crippen LogP contribution in [0.1, 0.15) is 27.8 Å². The lowest BCUT2D eigenvalue weighted by molar-refractivity contribution is 0.0730. The summed E-state index contributed by atoms with van der Waals surface area (Å²) in [6, 6.07) is 21.4. The molecule has 1 aliphatic rings. The van der Waals surface area contributed by atoms with Gasteiger partial charge in [0.2, 0.25) is 10.0 Å². The minimum atomic E-state index is -3.48. The van der Waals surface area contributed by atoms with Crippen molar-refractivity contribution in [2.75, 3.05) is 33.4 Å². The van der Waals surface area contributed by atoms with Gasteiger partial charge in [-0.1, -0.05) is 78.4 Å². The largest absolute Gasteiger partial charge is 0.496 e. The first kappa shape index (κ1) is 24.0. The van der Waals surface area contributed by atoms with Crippen LogP contribution in [0.5, 0.6) is 5.75 Å². The van der Waals surface area contributed by atoms with E-state index in [0.29, 0.717) is 31.2 Å². The normalized spacial score (nSPS) is 15.2. The van der Waals surface area contributed by atoms with E-state index in [1.54, 1.807) is 19.2 Å². The van der Waals surface area contributed by atoms with Gasteiger partial charge in [0, 0.05) is 18.7 Å². The maximum Gasteiger partial charge on any atom is 0.243 e. The third kappa shape index (κ3) is 5.83. The average molecular weight is 476 g/mol. The fraction of sp³-hybridized carbons (Fsp3) is 0.214. The van der Waals surface area contributed by atoms with E-state index < -0.39 is 10.0 Å². The summed E-state index contributed by atoms with van der Waals surface area (Å²) in [7, 11) is -1.81. The molecular formula is C28H29NO4S. The zero-order valence-corrected chi connectivity index (χ0v) is 20.3. The molecule has 0 saturated carbocycles. The third-order valence-electron chi connectivity index (χ3n) is 5.75. The van der Waals surface area contributed by atoms with Gasteiger partial charge in [-0.05, 0) is 41.8 Å². The summed E-state index contributed by atoms with van der Waals surface area (Å²) in [6.07, 6.45) is 8.06. The second-order valence-electron chi connectivity index (χ2n) is 8.16. The van der Waals surface area contributed by atoms with Crippen LogP contribution in [0.4, 0.5) is 0 Å². The SMILES string of the molecule is COc1cc(/C=C/c2ccc(S(=O)(=O)N3CCOCC3)cc2)ccc1/C=C/c1ccc(C)cc1. The third-order valence-corrected chi connectivity index (χ3v) is 7.66. The Bertz CT molecular complexity index is 1270. The van der Waals surface area contributed by atoms with Crippen LogP contribution in [0.15, 0.2) is 71.6 Å². The van der Waals surface area contributed by atoms with Gasteiger partial charge in [-0.25, -0.2) is 8.42 Å². The van der Waals surface area contributed by atoms with E-state index in [9.17, 15) is 8.42 Å². The van der Waals surface area contributed by atoms with Crippen LogP contribution in [0, 0.1) is 6.92 Å². The van der Waals surface area contributed by atoms with Crippen molar-refractivity contribution in [3.63, 3.8) is 0 Å². The molecule has 1 heterocycles. The van der Waals surface area contributed by atoms with Crippen LogP contribution in [-0.2, 0) is 14.8 Å². The molecule has 0 unspecified atom stereocenters. The Labute approximate surface area is 202 Å². The summed E-state index contributed by atoms with van der Waals surface area (Å²) in [5, 5.41) is 0. The fourth-order valence-corrected chi connectivity index (χ4v) is 5.12. The van der Waals surface area contributed by atoms with Crippen molar-refractivity contribution in [1.29, 1.82) is 0 Å². The predicted molar refractivity (Wildman–Crippen MR) is 138 cm³/mol. The molecule has 1 fully saturated rings. The van der Waals surface area contributed by atoms with Gasteiger partial charge in [0.1, 0.15) is 5.75 Å². The van der Waals surface area contributed by atoms with Crippen molar-refractivity contribution in [3.8, 4) is 5.75 Å². The quantitative estimate of drug-likeness (QED) is 0.432. The molecule has 0 aliphatic carbocycles. The molecule has 34 heavy (non-hydrogen) atoms. The highest BCUT2D eigenvalue weighted by Crippen LogP contribution is 2.24. The highest BCUT2D eigenvalue weighted by Gasteiger charge is 2.25. The molecule has 3 aromatic carbocycles. The number of nitrogens with zero attached hydrogens (tertiary/aromatic N) is 1. The summed E-state index contributed by atoms with van der Waals surface area (Å²) in [5.74, 6) is 0.789. The average Bonchev–Trinajstić information content (AvgIpc) is 2.88. The topological polar surface area (TPSA) is 55.8 Å². The fourth-order valence-electron chi connectivity index (χ4n) is 3.71. The molecule has 0 radical (unpaired) electrons. The van der Waals surface area contributed by atoms with Crippen LogP contribution in [0.2, 0.25) is 0 Å². The second-order valence-corrected chi connectivity index (χ2v) is 10.1. The van der Waals surface area contributed by atoms with Crippen LogP contribution in [0.25, 0.3) is 24.3 Å². The molecule has 1 aliphatic heterocycles. The lowest BCUT2D eigenvalue weighted by Gasteiger charge is -2.26. The molecule has 5 nitrogen and oxygen atoms in total. The Morgan fingerprint density at radius 1 is 0.794 bits per heavy atom. The highest BCUT2D eigenvalue weighted by molar-refractivity contribution is 7.89. The maximum atomic E-state index is 12.8. The zero-order valence-electron chi connectivity index (χ0n) is 19.5. The van der Waals surface area contributed by atoms with Crippen molar-refractivity contribution in [2.24, 2.45) is 0 Å². The number of aryl methyl sites for hydroxylation is 1. The van der Waals surface area contributed by atoms with Crippen LogP contribution < -0.4 is 4.74 Å². The van der Waals surface area contributed by atoms with Crippen LogP contribution >= 0.6 is 0 Å². The lowest BCUT2D eigenvalue weighted by atomic mass is 10.1. The Kier molecular flexibility index (Phi) is 7.63. The highest BCUT2D eigenvalue weighted by atomic mass is 32.2. The van der Waals surface area contributed by atoms with E-state index in [-0.39, 0.29) is 0 Å². The number of methoxy groups -OCH3 is 1. The summed E-state index contributed by atoms with van der Waals surface area (Å²) in [4.78, 5) is 0.304. The number of sulfonamides is 1. The first-order chi connectivity index (χ1) is 16.5. The Hall–Kier alpha value is -3.19. The molecule has 0 bridgehead atoms. The van der Waals surface area contributed by atoms with Gasteiger partial charge in [-0.3, -0.25) is 0 Å². The number of benzene rings is 3. The van der Waals surface area contributed by atoms with Crippen LogP contribution in [-0.4, -0.2) is 46.1 Å². The van der Waals surface area contributed by atoms with Crippen molar-refractivity contribution in [3.05, 3.63) is 94.5 Å². The lowest BCUT2D eigenvalue weighted by Crippen LogP contribution is -2.40. The van der Waals surface area contributed by atoms with Crippen LogP contribution in [0.3, 0.4) is 0 Å². The van der Waals surface area contributed by atoms with E-state index in [1.807, 2.05) is 48.6 Å². The molecule has 6 heteroatoms. The second kappa shape index (κ2) is 10.8.